The number of ether oxygens (including phenoxy) is 1. The first-order chi connectivity index (χ1) is 16.2. The van der Waals surface area contributed by atoms with E-state index in [0.29, 0.717) is 22.2 Å². The maximum atomic E-state index is 13.5. The quantitative estimate of drug-likeness (QED) is 0.303. The van der Waals surface area contributed by atoms with Gasteiger partial charge in [-0.15, -0.1) is 11.3 Å². The van der Waals surface area contributed by atoms with Gasteiger partial charge in [-0.25, -0.2) is 4.98 Å². The molecule has 0 bridgehead atoms. The summed E-state index contributed by atoms with van der Waals surface area (Å²) in [7, 11) is 0. The maximum Gasteiger partial charge on any atom is 0.272 e. The van der Waals surface area contributed by atoms with Crippen LogP contribution >= 0.6 is 23.1 Å². The Morgan fingerprint density at radius 1 is 1.27 bits per heavy atom. The maximum absolute atomic E-state index is 13.5. The highest BCUT2D eigenvalue weighted by Gasteiger charge is 2.19. The average molecular weight is 481 g/mol. The van der Waals surface area contributed by atoms with Crippen LogP contribution in [0.15, 0.2) is 58.7 Å². The van der Waals surface area contributed by atoms with Gasteiger partial charge in [0.15, 0.2) is 5.16 Å². The first-order valence-corrected chi connectivity index (χ1v) is 12.8. The van der Waals surface area contributed by atoms with Crippen LogP contribution in [0.4, 0.5) is 0 Å². The molecule has 5 rings (SSSR count). The molecule has 170 valence electrons. The van der Waals surface area contributed by atoms with Crippen molar-refractivity contribution in [1.82, 2.24) is 19.9 Å². The summed E-state index contributed by atoms with van der Waals surface area (Å²) in [6.07, 6.45) is 5.87. The van der Waals surface area contributed by atoms with E-state index in [1.165, 1.54) is 23.1 Å². The van der Waals surface area contributed by atoms with Crippen LogP contribution < -0.4 is 10.9 Å². The average Bonchev–Trinajstić information content (AvgIpc) is 3.50. The number of thiophene rings is 1. The third kappa shape index (κ3) is 4.95. The zero-order valence-electron chi connectivity index (χ0n) is 18.0. The number of pyridine rings is 1. The number of nitrogens with zero attached hydrogens (tertiary/aromatic N) is 3. The topological polar surface area (TPSA) is 86.1 Å². The highest BCUT2D eigenvalue weighted by molar-refractivity contribution is 7.98. The molecule has 0 radical (unpaired) electrons. The fraction of sp³-hybridized carbons (Fsp3) is 0.333. The third-order valence-electron chi connectivity index (χ3n) is 5.65. The lowest BCUT2D eigenvalue weighted by molar-refractivity contribution is -0.121. The molecular weight excluding hydrogens is 456 g/mol. The first kappa shape index (κ1) is 22.1. The summed E-state index contributed by atoms with van der Waals surface area (Å²) in [5.74, 6) is 0.552. The van der Waals surface area contributed by atoms with Crippen LogP contribution in [0.3, 0.4) is 0 Å². The van der Waals surface area contributed by atoms with Crippen molar-refractivity contribution in [3.63, 3.8) is 0 Å². The van der Waals surface area contributed by atoms with Gasteiger partial charge in [0.05, 0.1) is 11.6 Å². The Morgan fingerprint density at radius 3 is 3.00 bits per heavy atom. The van der Waals surface area contributed by atoms with Crippen LogP contribution in [0.2, 0.25) is 0 Å². The molecule has 1 atom stereocenters. The molecule has 1 saturated heterocycles. The molecule has 33 heavy (non-hydrogen) atoms. The van der Waals surface area contributed by atoms with Crippen molar-refractivity contribution in [2.24, 2.45) is 0 Å². The molecule has 1 aromatic carbocycles. The number of hydrogen-bond acceptors (Lipinski definition) is 7. The summed E-state index contributed by atoms with van der Waals surface area (Å²) in [6, 6.07) is 11.8. The molecule has 9 heteroatoms. The second-order valence-corrected chi connectivity index (χ2v) is 9.96. The molecule has 4 heterocycles. The summed E-state index contributed by atoms with van der Waals surface area (Å²) in [5, 5.41) is 4.54. The van der Waals surface area contributed by atoms with E-state index in [1.807, 2.05) is 42.6 Å². The van der Waals surface area contributed by atoms with Gasteiger partial charge in [0.2, 0.25) is 5.91 Å². The molecule has 0 spiro atoms. The minimum absolute atomic E-state index is 0.0861. The molecular formula is C24H24N4O3S2. The van der Waals surface area contributed by atoms with Crippen LogP contribution in [-0.4, -0.2) is 39.7 Å². The standard InChI is InChI=1S/C24H24N4O3S2/c29-20(26-14-17-6-4-12-31-17)9-11-28-23(30)22-21(18-7-1-2-8-19(18)33-22)27-24(28)32-15-16-5-3-10-25-13-16/h1-3,5,7-8,10,13,17H,4,6,9,11-12,14-15H2,(H,26,29)/t17-/m0/s1. The summed E-state index contributed by atoms with van der Waals surface area (Å²) in [4.78, 5) is 35.0. The Bertz CT molecular complexity index is 1330. The molecule has 0 unspecified atom stereocenters. The number of nitrogens with one attached hydrogen (secondary N) is 1. The number of fused-ring (bicyclic) bond motifs is 3. The van der Waals surface area contributed by atoms with Crippen molar-refractivity contribution in [2.45, 2.75) is 42.8 Å². The lowest BCUT2D eigenvalue weighted by Crippen LogP contribution is -2.33. The van der Waals surface area contributed by atoms with Gasteiger partial charge in [-0.05, 0) is 30.5 Å². The minimum atomic E-state index is -0.0955. The second-order valence-electron chi connectivity index (χ2n) is 7.97. The third-order valence-corrected chi connectivity index (χ3v) is 7.85. The van der Waals surface area contributed by atoms with E-state index in [2.05, 4.69) is 10.3 Å². The lowest BCUT2D eigenvalue weighted by atomic mass is 10.2. The van der Waals surface area contributed by atoms with Gasteiger partial charge < -0.3 is 10.1 Å². The Labute approximate surface area is 199 Å². The zero-order chi connectivity index (χ0) is 22.6. The van der Waals surface area contributed by atoms with E-state index in [1.54, 1.807) is 10.8 Å². The van der Waals surface area contributed by atoms with E-state index < -0.39 is 0 Å². The number of aromatic nitrogens is 3. The predicted molar refractivity (Wildman–Crippen MR) is 132 cm³/mol. The van der Waals surface area contributed by atoms with E-state index in [4.69, 9.17) is 9.72 Å². The van der Waals surface area contributed by atoms with Crippen molar-refractivity contribution in [1.29, 1.82) is 0 Å². The SMILES string of the molecule is O=C(CCn1c(SCc2cccnc2)nc2c(sc3ccccc32)c1=O)NC[C@@H]1CCCO1. The van der Waals surface area contributed by atoms with Gasteiger partial charge in [0, 0.05) is 54.3 Å². The number of thioether (sulfide) groups is 1. The zero-order valence-corrected chi connectivity index (χ0v) is 19.7. The molecule has 1 fully saturated rings. The monoisotopic (exact) mass is 480 g/mol. The Kier molecular flexibility index (Phi) is 6.70. The van der Waals surface area contributed by atoms with Crippen LogP contribution in [0.25, 0.3) is 20.3 Å². The largest absolute Gasteiger partial charge is 0.376 e. The van der Waals surface area contributed by atoms with E-state index in [-0.39, 0.29) is 30.5 Å². The Hall–Kier alpha value is -2.75. The van der Waals surface area contributed by atoms with Crippen molar-refractivity contribution in [3.8, 4) is 0 Å². The van der Waals surface area contributed by atoms with Gasteiger partial charge in [-0.1, -0.05) is 36.0 Å². The molecule has 3 aromatic heterocycles. The van der Waals surface area contributed by atoms with Gasteiger partial charge in [0.1, 0.15) is 4.70 Å². The number of benzene rings is 1. The highest BCUT2D eigenvalue weighted by Crippen LogP contribution is 2.32. The van der Waals surface area contributed by atoms with Crippen molar-refractivity contribution < 1.29 is 9.53 Å². The summed E-state index contributed by atoms with van der Waals surface area (Å²) < 4.78 is 8.87. The molecule has 1 aliphatic heterocycles. The van der Waals surface area contributed by atoms with Crippen molar-refractivity contribution in [2.75, 3.05) is 13.2 Å². The predicted octanol–water partition coefficient (Wildman–Crippen LogP) is 3.98. The summed E-state index contributed by atoms with van der Waals surface area (Å²) in [6.45, 7) is 1.56. The smallest absolute Gasteiger partial charge is 0.272 e. The van der Waals surface area contributed by atoms with E-state index in [0.717, 1.165) is 40.6 Å². The Morgan fingerprint density at radius 2 is 2.18 bits per heavy atom. The van der Waals surface area contributed by atoms with Gasteiger partial charge in [-0.2, -0.15) is 0 Å². The normalized spacial score (nSPS) is 15.9. The van der Waals surface area contributed by atoms with Crippen LogP contribution in [-0.2, 0) is 21.8 Å². The Balaban J connectivity index is 1.41. The molecule has 1 aliphatic rings. The first-order valence-electron chi connectivity index (χ1n) is 11.0. The van der Waals surface area contributed by atoms with Crippen LogP contribution in [0.1, 0.15) is 24.8 Å². The molecule has 0 aliphatic carbocycles. The second kappa shape index (κ2) is 10.0. The molecule has 1 amide bonds. The summed E-state index contributed by atoms with van der Waals surface area (Å²) in [5.41, 5.74) is 1.68. The fourth-order valence-electron chi connectivity index (χ4n) is 3.93. The molecule has 0 saturated carbocycles. The van der Waals surface area contributed by atoms with Gasteiger partial charge >= 0.3 is 0 Å². The highest BCUT2D eigenvalue weighted by atomic mass is 32.2. The number of carbonyl (C=O) groups is 1. The molecule has 1 N–H and O–H groups in total. The summed E-state index contributed by atoms with van der Waals surface area (Å²) >= 11 is 2.95. The number of rotatable bonds is 8. The van der Waals surface area contributed by atoms with Crippen LogP contribution in [0, 0.1) is 0 Å². The fourth-order valence-corrected chi connectivity index (χ4v) is 5.97. The van der Waals surface area contributed by atoms with Crippen molar-refractivity contribution in [3.05, 3.63) is 64.7 Å². The van der Waals surface area contributed by atoms with Crippen molar-refractivity contribution >= 4 is 49.3 Å². The van der Waals surface area contributed by atoms with E-state index in [9.17, 15) is 9.59 Å². The number of carbonyl (C=O) groups excluding carboxylic acids is 1. The number of hydrogen-bond donors (Lipinski definition) is 1. The minimum Gasteiger partial charge on any atom is -0.376 e. The van der Waals surface area contributed by atoms with E-state index >= 15 is 0 Å². The van der Waals surface area contributed by atoms with Gasteiger partial charge in [-0.3, -0.25) is 19.1 Å². The van der Waals surface area contributed by atoms with Crippen LogP contribution in [0.5, 0.6) is 0 Å². The molecule has 7 nitrogen and oxygen atoms in total. The number of amides is 1. The molecule has 4 aromatic rings. The van der Waals surface area contributed by atoms with Gasteiger partial charge in [0.25, 0.3) is 5.56 Å². The lowest BCUT2D eigenvalue weighted by Gasteiger charge is -2.13.